The van der Waals surface area contributed by atoms with E-state index in [2.05, 4.69) is 40.9 Å². The summed E-state index contributed by atoms with van der Waals surface area (Å²) in [4.78, 5) is 2.56. The molecule has 72 valence electrons. The van der Waals surface area contributed by atoms with Gasteiger partial charge in [0.25, 0.3) is 0 Å². The Morgan fingerprint density at radius 1 is 1.31 bits per heavy atom. The van der Waals surface area contributed by atoms with Crippen LogP contribution >= 0.6 is 0 Å². The van der Waals surface area contributed by atoms with Gasteiger partial charge in [0.1, 0.15) is 0 Å². The zero-order valence-electron chi connectivity index (χ0n) is 8.32. The van der Waals surface area contributed by atoms with Gasteiger partial charge in [0.15, 0.2) is 0 Å². The van der Waals surface area contributed by atoms with Crippen molar-refractivity contribution in [1.82, 2.24) is 9.47 Å². The second kappa shape index (κ2) is 3.97. The van der Waals surface area contributed by atoms with Crippen LogP contribution in [0.2, 0.25) is 0 Å². The van der Waals surface area contributed by atoms with E-state index in [1.807, 2.05) is 0 Å². The molecular formula is C11H18N2. The van der Waals surface area contributed by atoms with Gasteiger partial charge in [-0.1, -0.05) is 6.92 Å². The van der Waals surface area contributed by atoms with Crippen molar-refractivity contribution in [3.05, 3.63) is 24.5 Å². The van der Waals surface area contributed by atoms with Crippen LogP contribution in [-0.4, -0.2) is 29.1 Å². The van der Waals surface area contributed by atoms with Gasteiger partial charge in [0.2, 0.25) is 0 Å². The Morgan fingerprint density at radius 2 is 2.08 bits per heavy atom. The smallest absolute Gasteiger partial charge is 0.0469 e. The SMILES string of the molecule is CCCN1CCC(n2cccc2)C1. The lowest BCUT2D eigenvalue weighted by molar-refractivity contribution is 0.324. The molecular weight excluding hydrogens is 160 g/mol. The standard InChI is InChI=1S/C11H18N2/c1-2-6-12-9-5-11(10-12)13-7-3-4-8-13/h3-4,7-8,11H,2,5-6,9-10H2,1H3. The van der Waals surface area contributed by atoms with Crippen LogP contribution in [-0.2, 0) is 0 Å². The first kappa shape index (κ1) is 8.82. The lowest BCUT2D eigenvalue weighted by Gasteiger charge is -2.15. The Labute approximate surface area is 80.2 Å². The summed E-state index contributed by atoms with van der Waals surface area (Å²) < 4.78 is 2.34. The van der Waals surface area contributed by atoms with Crippen LogP contribution in [0.3, 0.4) is 0 Å². The molecule has 0 aliphatic carbocycles. The average Bonchev–Trinajstić information content (AvgIpc) is 2.70. The normalized spacial score (nSPS) is 23.9. The molecule has 1 aliphatic rings. The van der Waals surface area contributed by atoms with E-state index in [0.29, 0.717) is 0 Å². The van der Waals surface area contributed by atoms with Gasteiger partial charge in [-0.25, -0.2) is 0 Å². The van der Waals surface area contributed by atoms with E-state index in [9.17, 15) is 0 Å². The fraction of sp³-hybridized carbons (Fsp3) is 0.636. The number of hydrogen-bond acceptors (Lipinski definition) is 1. The third kappa shape index (κ3) is 1.94. The zero-order chi connectivity index (χ0) is 9.10. The van der Waals surface area contributed by atoms with Gasteiger partial charge in [-0.2, -0.15) is 0 Å². The lowest BCUT2D eigenvalue weighted by atomic mass is 10.3. The van der Waals surface area contributed by atoms with E-state index in [1.165, 1.54) is 32.5 Å². The van der Waals surface area contributed by atoms with Crippen molar-refractivity contribution in [2.45, 2.75) is 25.8 Å². The van der Waals surface area contributed by atoms with Crippen LogP contribution in [0.15, 0.2) is 24.5 Å². The fourth-order valence-corrected chi connectivity index (χ4v) is 2.17. The monoisotopic (exact) mass is 178 g/mol. The average molecular weight is 178 g/mol. The molecule has 1 fully saturated rings. The van der Waals surface area contributed by atoms with Crippen LogP contribution in [0.25, 0.3) is 0 Å². The van der Waals surface area contributed by atoms with Gasteiger partial charge in [0.05, 0.1) is 0 Å². The summed E-state index contributed by atoms with van der Waals surface area (Å²) in [5.41, 5.74) is 0. The summed E-state index contributed by atoms with van der Waals surface area (Å²) in [6.07, 6.45) is 6.95. The minimum atomic E-state index is 0.724. The maximum Gasteiger partial charge on any atom is 0.0469 e. The predicted octanol–water partition coefficient (Wildman–Crippen LogP) is 2.14. The van der Waals surface area contributed by atoms with E-state index in [0.717, 1.165) is 6.04 Å². The van der Waals surface area contributed by atoms with Crippen molar-refractivity contribution in [2.75, 3.05) is 19.6 Å². The molecule has 1 aromatic heterocycles. The minimum Gasteiger partial charge on any atom is -0.350 e. The molecule has 0 radical (unpaired) electrons. The van der Waals surface area contributed by atoms with E-state index in [-0.39, 0.29) is 0 Å². The van der Waals surface area contributed by atoms with E-state index in [4.69, 9.17) is 0 Å². The van der Waals surface area contributed by atoms with Crippen LogP contribution < -0.4 is 0 Å². The summed E-state index contributed by atoms with van der Waals surface area (Å²) in [5, 5.41) is 0. The molecule has 1 saturated heterocycles. The molecule has 0 bridgehead atoms. The number of aromatic nitrogens is 1. The van der Waals surface area contributed by atoms with Gasteiger partial charge in [-0.3, -0.25) is 0 Å². The molecule has 2 rings (SSSR count). The van der Waals surface area contributed by atoms with E-state index < -0.39 is 0 Å². The molecule has 2 heterocycles. The van der Waals surface area contributed by atoms with Crippen molar-refractivity contribution in [3.63, 3.8) is 0 Å². The maximum atomic E-state index is 2.56. The predicted molar refractivity (Wildman–Crippen MR) is 54.8 cm³/mol. The van der Waals surface area contributed by atoms with Crippen molar-refractivity contribution < 1.29 is 0 Å². The molecule has 1 aliphatic heterocycles. The highest BCUT2D eigenvalue weighted by molar-refractivity contribution is 4.95. The summed E-state index contributed by atoms with van der Waals surface area (Å²) in [6, 6.07) is 4.95. The highest BCUT2D eigenvalue weighted by Gasteiger charge is 2.21. The molecule has 0 saturated carbocycles. The largest absolute Gasteiger partial charge is 0.350 e. The van der Waals surface area contributed by atoms with Gasteiger partial charge < -0.3 is 9.47 Å². The Hall–Kier alpha value is -0.760. The first-order valence-corrected chi connectivity index (χ1v) is 5.25. The molecule has 0 amide bonds. The fourth-order valence-electron chi connectivity index (χ4n) is 2.17. The Balaban J connectivity index is 1.91. The van der Waals surface area contributed by atoms with Crippen LogP contribution in [0.5, 0.6) is 0 Å². The van der Waals surface area contributed by atoms with Crippen LogP contribution in [0.4, 0.5) is 0 Å². The van der Waals surface area contributed by atoms with Crippen molar-refractivity contribution >= 4 is 0 Å². The zero-order valence-corrected chi connectivity index (χ0v) is 8.32. The highest BCUT2D eigenvalue weighted by Crippen LogP contribution is 2.21. The van der Waals surface area contributed by atoms with Crippen LogP contribution in [0.1, 0.15) is 25.8 Å². The number of rotatable bonds is 3. The van der Waals surface area contributed by atoms with Gasteiger partial charge in [0, 0.05) is 31.5 Å². The topological polar surface area (TPSA) is 8.17 Å². The van der Waals surface area contributed by atoms with Crippen molar-refractivity contribution in [1.29, 1.82) is 0 Å². The third-order valence-electron chi connectivity index (χ3n) is 2.84. The lowest BCUT2D eigenvalue weighted by Crippen LogP contribution is -2.21. The van der Waals surface area contributed by atoms with Gasteiger partial charge in [-0.05, 0) is 31.5 Å². The van der Waals surface area contributed by atoms with E-state index in [1.54, 1.807) is 0 Å². The Morgan fingerprint density at radius 3 is 2.77 bits per heavy atom. The summed E-state index contributed by atoms with van der Waals surface area (Å²) >= 11 is 0. The molecule has 2 nitrogen and oxygen atoms in total. The molecule has 1 unspecified atom stereocenters. The minimum absolute atomic E-state index is 0.724. The first-order valence-electron chi connectivity index (χ1n) is 5.25. The summed E-state index contributed by atoms with van der Waals surface area (Å²) in [7, 11) is 0. The molecule has 0 N–H and O–H groups in total. The second-order valence-electron chi connectivity index (χ2n) is 3.87. The molecule has 1 aromatic rings. The Bertz CT molecular complexity index is 241. The number of nitrogens with zero attached hydrogens (tertiary/aromatic N) is 2. The molecule has 13 heavy (non-hydrogen) atoms. The van der Waals surface area contributed by atoms with Gasteiger partial charge in [-0.15, -0.1) is 0 Å². The van der Waals surface area contributed by atoms with Crippen LogP contribution in [0, 0.1) is 0 Å². The maximum absolute atomic E-state index is 2.56. The highest BCUT2D eigenvalue weighted by atomic mass is 15.2. The molecule has 0 aromatic carbocycles. The van der Waals surface area contributed by atoms with Gasteiger partial charge >= 0.3 is 0 Å². The summed E-state index contributed by atoms with van der Waals surface area (Å²) in [6.45, 7) is 6.03. The quantitative estimate of drug-likeness (QED) is 0.688. The van der Waals surface area contributed by atoms with E-state index >= 15 is 0 Å². The Kier molecular flexibility index (Phi) is 2.69. The molecule has 1 atom stereocenters. The number of hydrogen-bond donors (Lipinski definition) is 0. The number of likely N-dealkylation sites (tertiary alicyclic amines) is 1. The third-order valence-corrected chi connectivity index (χ3v) is 2.84. The molecule has 0 spiro atoms. The van der Waals surface area contributed by atoms with Crippen molar-refractivity contribution in [3.8, 4) is 0 Å². The molecule has 2 heteroatoms. The van der Waals surface area contributed by atoms with Crippen molar-refractivity contribution in [2.24, 2.45) is 0 Å². The first-order chi connectivity index (χ1) is 6.40. The summed E-state index contributed by atoms with van der Waals surface area (Å²) in [5.74, 6) is 0. The second-order valence-corrected chi connectivity index (χ2v) is 3.87.